The van der Waals surface area contributed by atoms with E-state index in [2.05, 4.69) is 49.7 Å². The number of thiazole rings is 1. The Kier molecular flexibility index (Phi) is 6.38. The highest BCUT2D eigenvalue weighted by Crippen LogP contribution is 2.34. The van der Waals surface area contributed by atoms with Gasteiger partial charge in [-0.1, -0.05) is 34.1 Å². The maximum absolute atomic E-state index is 4.96. The molecule has 1 aromatic heterocycles. The van der Waals surface area contributed by atoms with E-state index in [1.54, 1.807) is 0 Å². The highest BCUT2D eigenvalue weighted by Gasteiger charge is 2.25. The summed E-state index contributed by atoms with van der Waals surface area (Å²) in [6, 6.07) is 0. The molecule has 120 valence electrons. The highest BCUT2D eigenvalue weighted by atomic mass is 32.2. The molecule has 0 aromatic carbocycles. The smallest absolute Gasteiger partial charge is 0.185 e. The molecule has 1 aliphatic rings. The van der Waals surface area contributed by atoms with Crippen LogP contribution in [-0.2, 0) is 13.0 Å². The van der Waals surface area contributed by atoms with Crippen molar-refractivity contribution in [1.29, 1.82) is 0 Å². The molecule has 0 unspecified atom stereocenters. The van der Waals surface area contributed by atoms with Gasteiger partial charge in [0.15, 0.2) is 5.13 Å². The van der Waals surface area contributed by atoms with Crippen molar-refractivity contribution in [2.75, 3.05) is 30.3 Å². The molecule has 0 spiro atoms. The molecule has 1 fully saturated rings. The Bertz CT molecular complexity index is 443. The van der Waals surface area contributed by atoms with Crippen molar-refractivity contribution in [2.24, 2.45) is 0 Å². The number of aryl methyl sites for hydroxylation is 1. The third-order valence-electron chi connectivity index (χ3n) is 3.90. The average Bonchev–Trinajstić information content (AvgIpc) is 2.74. The van der Waals surface area contributed by atoms with Crippen molar-refractivity contribution < 1.29 is 0 Å². The van der Waals surface area contributed by atoms with Crippen molar-refractivity contribution in [3.63, 3.8) is 0 Å². The Morgan fingerprint density at radius 3 is 2.81 bits per heavy atom. The lowest BCUT2D eigenvalue weighted by molar-refractivity contribution is 0.636. The molecular formula is C16H29N3S2. The maximum Gasteiger partial charge on any atom is 0.185 e. The first-order valence-electron chi connectivity index (χ1n) is 8.14. The van der Waals surface area contributed by atoms with E-state index in [9.17, 15) is 0 Å². The molecular weight excluding hydrogens is 298 g/mol. The number of hydrogen-bond donors (Lipinski definition) is 1. The lowest BCUT2D eigenvalue weighted by Crippen LogP contribution is -2.26. The molecule has 0 amide bonds. The number of nitrogens with zero attached hydrogens (tertiary/aromatic N) is 2. The summed E-state index contributed by atoms with van der Waals surface area (Å²) in [5, 5.41) is 4.69. The normalized spacial score (nSPS) is 18.8. The van der Waals surface area contributed by atoms with Crippen molar-refractivity contribution in [3.05, 3.63) is 10.6 Å². The molecule has 0 aliphatic carbocycles. The number of thioether (sulfide) groups is 1. The summed E-state index contributed by atoms with van der Waals surface area (Å²) in [5.41, 5.74) is 1.31. The third kappa shape index (κ3) is 4.86. The van der Waals surface area contributed by atoms with E-state index in [0.29, 0.717) is 4.75 Å². The second-order valence-corrected chi connectivity index (χ2v) is 9.11. The highest BCUT2D eigenvalue weighted by molar-refractivity contribution is 8.00. The summed E-state index contributed by atoms with van der Waals surface area (Å²) >= 11 is 4.00. The molecule has 0 atom stereocenters. The van der Waals surface area contributed by atoms with Gasteiger partial charge in [0.05, 0.1) is 5.69 Å². The summed E-state index contributed by atoms with van der Waals surface area (Å²) in [6.07, 6.45) is 3.51. The van der Waals surface area contributed by atoms with Crippen LogP contribution in [0.3, 0.4) is 0 Å². The minimum Gasteiger partial charge on any atom is -0.347 e. The van der Waals surface area contributed by atoms with Crippen LogP contribution < -0.4 is 10.2 Å². The molecule has 5 heteroatoms. The van der Waals surface area contributed by atoms with Crippen LogP contribution in [0.25, 0.3) is 0 Å². The van der Waals surface area contributed by atoms with Crippen LogP contribution in [0.2, 0.25) is 0 Å². The monoisotopic (exact) mass is 327 g/mol. The van der Waals surface area contributed by atoms with Crippen LogP contribution in [0, 0.1) is 0 Å². The Morgan fingerprint density at radius 1 is 1.29 bits per heavy atom. The summed E-state index contributed by atoms with van der Waals surface area (Å²) < 4.78 is 0.408. The minimum absolute atomic E-state index is 0.408. The zero-order chi connectivity index (χ0) is 15.3. The van der Waals surface area contributed by atoms with Gasteiger partial charge in [0.1, 0.15) is 0 Å². The van der Waals surface area contributed by atoms with E-state index in [1.165, 1.54) is 34.3 Å². The molecule has 0 radical (unpaired) electrons. The molecule has 1 saturated heterocycles. The van der Waals surface area contributed by atoms with Gasteiger partial charge >= 0.3 is 0 Å². The number of aromatic nitrogens is 1. The molecule has 21 heavy (non-hydrogen) atoms. The van der Waals surface area contributed by atoms with Crippen LogP contribution >= 0.6 is 23.1 Å². The summed E-state index contributed by atoms with van der Waals surface area (Å²) in [5.74, 6) is 1.21. The largest absolute Gasteiger partial charge is 0.347 e. The predicted octanol–water partition coefficient (Wildman–Crippen LogP) is 3.93. The first-order valence-corrected chi connectivity index (χ1v) is 9.94. The van der Waals surface area contributed by atoms with E-state index in [0.717, 1.165) is 32.6 Å². The molecule has 3 nitrogen and oxygen atoms in total. The van der Waals surface area contributed by atoms with Gasteiger partial charge in [-0.05, 0) is 19.4 Å². The topological polar surface area (TPSA) is 28.2 Å². The molecule has 0 saturated carbocycles. The quantitative estimate of drug-likeness (QED) is 0.857. The van der Waals surface area contributed by atoms with Crippen LogP contribution in [0.5, 0.6) is 0 Å². The van der Waals surface area contributed by atoms with Gasteiger partial charge in [-0.2, -0.15) is 11.8 Å². The van der Waals surface area contributed by atoms with Crippen molar-refractivity contribution in [1.82, 2.24) is 10.3 Å². The second kappa shape index (κ2) is 7.84. The lowest BCUT2D eigenvalue weighted by Gasteiger charge is -2.22. The van der Waals surface area contributed by atoms with E-state index in [1.807, 2.05) is 11.3 Å². The van der Waals surface area contributed by atoms with Crippen molar-refractivity contribution >= 4 is 28.2 Å². The van der Waals surface area contributed by atoms with Gasteiger partial charge in [0.2, 0.25) is 0 Å². The summed E-state index contributed by atoms with van der Waals surface area (Å²) in [7, 11) is 0. The van der Waals surface area contributed by atoms with Gasteiger partial charge in [-0.3, -0.25) is 0 Å². The molecule has 1 aliphatic heterocycles. The minimum atomic E-state index is 0.408. The fourth-order valence-corrected chi connectivity index (χ4v) is 4.75. The van der Waals surface area contributed by atoms with Crippen molar-refractivity contribution in [2.45, 2.75) is 58.2 Å². The Hall–Kier alpha value is -0.260. The Balaban J connectivity index is 2.11. The maximum atomic E-state index is 4.96. The molecule has 2 heterocycles. The SMILES string of the molecule is CCCc1nc(N2CCSC(C)(C)CC2)sc1CNCC. The number of hydrogen-bond acceptors (Lipinski definition) is 5. The van der Waals surface area contributed by atoms with E-state index >= 15 is 0 Å². The molecule has 1 aromatic rings. The standard InChI is InChI=1S/C16H29N3S2/c1-5-7-13-14(12-17-6-2)21-15(18-13)19-9-8-16(3,4)20-11-10-19/h17H,5-12H2,1-4H3. The second-order valence-electron chi connectivity index (χ2n) is 6.24. The zero-order valence-corrected chi connectivity index (χ0v) is 15.5. The third-order valence-corrected chi connectivity index (χ3v) is 6.43. The van der Waals surface area contributed by atoms with Crippen LogP contribution in [-0.4, -0.2) is 35.1 Å². The van der Waals surface area contributed by atoms with Gasteiger partial charge in [0, 0.05) is 35.0 Å². The van der Waals surface area contributed by atoms with E-state index in [4.69, 9.17) is 4.98 Å². The predicted molar refractivity (Wildman–Crippen MR) is 96.9 cm³/mol. The fourth-order valence-electron chi connectivity index (χ4n) is 2.53. The average molecular weight is 328 g/mol. The molecule has 1 N–H and O–H groups in total. The first-order chi connectivity index (χ1) is 10.1. The molecule has 0 bridgehead atoms. The van der Waals surface area contributed by atoms with E-state index in [-0.39, 0.29) is 0 Å². The van der Waals surface area contributed by atoms with Gasteiger partial charge in [-0.25, -0.2) is 4.98 Å². The van der Waals surface area contributed by atoms with Gasteiger partial charge < -0.3 is 10.2 Å². The van der Waals surface area contributed by atoms with Crippen LogP contribution in [0.1, 0.15) is 51.1 Å². The molecule has 2 rings (SSSR count). The number of nitrogens with one attached hydrogen (secondary N) is 1. The fraction of sp³-hybridized carbons (Fsp3) is 0.812. The van der Waals surface area contributed by atoms with Gasteiger partial charge in [0.25, 0.3) is 0 Å². The van der Waals surface area contributed by atoms with Crippen LogP contribution in [0.15, 0.2) is 0 Å². The number of rotatable bonds is 6. The first kappa shape index (κ1) is 17.1. The zero-order valence-electron chi connectivity index (χ0n) is 13.9. The summed E-state index contributed by atoms with van der Waals surface area (Å²) in [4.78, 5) is 8.90. The van der Waals surface area contributed by atoms with E-state index < -0.39 is 0 Å². The lowest BCUT2D eigenvalue weighted by atomic mass is 10.1. The Labute approximate surface area is 137 Å². The summed E-state index contributed by atoms with van der Waals surface area (Å²) in [6.45, 7) is 13.4. The Morgan fingerprint density at radius 2 is 2.10 bits per heavy atom. The van der Waals surface area contributed by atoms with Crippen LogP contribution in [0.4, 0.5) is 5.13 Å². The van der Waals surface area contributed by atoms with Crippen molar-refractivity contribution in [3.8, 4) is 0 Å². The number of anilines is 1. The van der Waals surface area contributed by atoms with Gasteiger partial charge in [-0.15, -0.1) is 11.3 Å².